The Bertz CT molecular complexity index is 2780. The molecule has 0 unspecified atom stereocenters. The number of rotatable bonds is 8. The quantitative estimate of drug-likeness (QED) is 0.0756. The maximum absolute atomic E-state index is 10.6. The Morgan fingerprint density at radius 3 is 0.779 bits per heavy atom. The first-order valence-electron chi connectivity index (χ1n) is 22.6. The second kappa shape index (κ2) is 22.1. The van der Waals surface area contributed by atoms with Gasteiger partial charge in [0.1, 0.15) is 5.75 Å². The van der Waals surface area contributed by atoms with E-state index in [-0.39, 0.29) is 24.2 Å². The average Bonchev–Trinajstić information content (AvgIpc) is 3.43. The summed E-state index contributed by atoms with van der Waals surface area (Å²) in [5.74, 6) is 2.31. The molecule has 1 aromatic heterocycles. The van der Waals surface area contributed by atoms with Crippen molar-refractivity contribution in [1.29, 1.82) is 0 Å². The number of benzene rings is 9. The number of nitrogens with zero attached hydrogens (tertiary/aromatic N) is 3. The molecule has 8 nitrogen and oxygen atoms in total. The van der Waals surface area contributed by atoms with Crippen molar-refractivity contribution in [3.63, 3.8) is 0 Å². The lowest BCUT2D eigenvalue weighted by atomic mass is 9.96. The van der Waals surface area contributed by atoms with Crippen LogP contribution in [0.4, 0.5) is 5.69 Å². The molecule has 68 heavy (non-hydrogen) atoms. The van der Waals surface area contributed by atoms with Gasteiger partial charge in [-0.15, -0.1) is 0 Å². The van der Waals surface area contributed by atoms with Gasteiger partial charge in [0.2, 0.25) is 0 Å². The summed E-state index contributed by atoms with van der Waals surface area (Å²) in [6, 6.07) is 84.6. The number of hydrogen-bond acceptors (Lipinski definition) is 8. The van der Waals surface area contributed by atoms with Crippen LogP contribution in [0.15, 0.2) is 255 Å². The van der Waals surface area contributed by atoms with Gasteiger partial charge in [0, 0.05) is 33.5 Å². The molecule has 0 bridgehead atoms. The zero-order valence-corrected chi connectivity index (χ0v) is 37.3. The predicted molar refractivity (Wildman–Crippen MR) is 276 cm³/mol. The molecule has 1 aliphatic rings. The molecule has 9 aromatic carbocycles. The molecular formula is C60H51N7O. The Kier molecular flexibility index (Phi) is 14.5. The van der Waals surface area contributed by atoms with E-state index >= 15 is 0 Å². The van der Waals surface area contributed by atoms with Gasteiger partial charge in [-0.05, 0) is 39.9 Å². The van der Waals surface area contributed by atoms with Gasteiger partial charge in [0.15, 0.2) is 17.5 Å². The zero-order chi connectivity index (χ0) is 46.3. The van der Waals surface area contributed by atoms with Gasteiger partial charge in [0.05, 0.1) is 18.5 Å². The lowest BCUT2D eigenvalue weighted by molar-refractivity contribution is 0.203. The van der Waals surface area contributed by atoms with Crippen LogP contribution in [0.25, 0.3) is 56.4 Å². The molecule has 10 aromatic rings. The number of phenolic OH excluding ortho intramolecular Hbond substituents is 1. The lowest BCUT2D eigenvalue weighted by Gasteiger charge is -2.39. The van der Waals surface area contributed by atoms with Gasteiger partial charge in [-0.3, -0.25) is 16.0 Å². The summed E-state index contributed by atoms with van der Waals surface area (Å²) in [6.07, 6.45) is 0.258. The van der Waals surface area contributed by atoms with E-state index in [1.165, 1.54) is 16.7 Å². The molecule has 332 valence electrons. The van der Waals surface area contributed by atoms with Crippen molar-refractivity contribution >= 4 is 5.69 Å². The summed E-state index contributed by atoms with van der Waals surface area (Å²) in [5.41, 5.74) is 16.7. The van der Waals surface area contributed by atoms with Gasteiger partial charge < -0.3 is 10.8 Å². The molecular weight excluding hydrogens is 835 g/mol. The van der Waals surface area contributed by atoms with E-state index in [0.29, 0.717) is 23.2 Å². The van der Waals surface area contributed by atoms with Crippen LogP contribution in [-0.2, 0) is 0 Å². The molecule has 0 spiro atoms. The molecule has 6 N–H and O–H groups in total. The second-order valence-corrected chi connectivity index (χ2v) is 16.1. The minimum absolute atomic E-state index is 0.0860. The van der Waals surface area contributed by atoms with Crippen LogP contribution in [0.5, 0.6) is 5.75 Å². The van der Waals surface area contributed by atoms with Gasteiger partial charge in [-0.2, -0.15) is 0 Å². The van der Waals surface area contributed by atoms with E-state index in [2.05, 4.69) is 104 Å². The fourth-order valence-corrected chi connectivity index (χ4v) is 8.02. The van der Waals surface area contributed by atoms with Gasteiger partial charge in [0.25, 0.3) is 0 Å². The molecule has 0 radical (unpaired) electrons. The van der Waals surface area contributed by atoms with Crippen LogP contribution in [0.2, 0.25) is 0 Å². The van der Waals surface area contributed by atoms with Crippen molar-refractivity contribution in [2.75, 3.05) is 5.73 Å². The average molecular weight is 886 g/mol. The Labute approximate surface area is 397 Å². The van der Waals surface area contributed by atoms with E-state index in [0.717, 1.165) is 38.9 Å². The second-order valence-electron chi connectivity index (χ2n) is 16.1. The number of nitrogens with one attached hydrogen (secondary N) is 3. The standard InChI is InChI=1S/C21H21N3.C21H15N3.C18H15NO/c2*1-4-10-16(11-5-1)19-22-20(17-12-6-2-7-13-17)24-21(23-19)18-14-8-3-9-15-18;19-15-11-16(13-7-3-1-4-8-13)18(20)17(12-15)14-9-5-2-6-10-14/h1-15,19-24H;1-15H;1-12,20H,19H2. The SMILES string of the molecule is Nc1cc(-c2ccccc2)c(O)c(-c2ccccc2)c1.c1ccc(-c2nc(-c3ccccc3)nc(-c3ccccc3)n2)cc1.c1ccc(C2NC(c3ccccc3)NC(c3ccccc3)N2)cc1. The fraction of sp³-hybridized carbons (Fsp3) is 0.0500. The van der Waals surface area contributed by atoms with Crippen LogP contribution in [-0.4, -0.2) is 20.1 Å². The van der Waals surface area contributed by atoms with Gasteiger partial charge in [-0.25, -0.2) is 15.0 Å². The summed E-state index contributed by atoms with van der Waals surface area (Å²) in [6.45, 7) is 0. The molecule has 2 heterocycles. The number of aromatic hydroxyl groups is 1. The third-order valence-corrected chi connectivity index (χ3v) is 11.4. The van der Waals surface area contributed by atoms with Crippen LogP contribution in [0.3, 0.4) is 0 Å². The highest BCUT2D eigenvalue weighted by Gasteiger charge is 2.29. The lowest BCUT2D eigenvalue weighted by Crippen LogP contribution is -2.54. The van der Waals surface area contributed by atoms with Crippen LogP contribution < -0.4 is 21.7 Å². The highest BCUT2D eigenvalue weighted by Crippen LogP contribution is 2.40. The molecule has 1 saturated heterocycles. The largest absolute Gasteiger partial charge is 0.507 e. The van der Waals surface area contributed by atoms with E-state index in [9.17, 15) is 5.11 Å². The topological polar surface area (TPSA) is 121 Å². The Balaban J connectivity index is 0.000000128. The van der Waals surface area contributed by atoms with Crippen LogP contribution >= 0.6 is 0 Å². The van der Waals surface area contributed by atoms with Crippen LogP contribution in [0.1, 0.15) is 35.2 Å². The fourth-order valence-electron chi connectivity index (χ4n) is 8.02. The molecule has 0 amide bonds. The number of phenols is 1. The third-order valence-electron chi connectivity index (χ3n) is 11.4. The highest BCUT2D eigenvalue weighted by molar-refractivity contribution is 5.85. The van der Waals surface area contributed by atoms with Crippen molar-refractivity contribution in [2.45, 2.75) is 18.5 Å². The molecule has 0 atom stereocenters. The first-order chi connectivity index (χ1) is 33.6. The molecule has 11 rings (SSSR count). The molecule has 1 aliphatic heterocycles. The zero-order valence-electron chi connectivity index (χ0n) is 37.3. The minimum atomic E-state index is 0.0860. The number of anilines is 1. The van der Waals surface area contributed by atoms with Crippen molar-refractivity contribution in [2.24, 2.45) is 0 Å². The van der Waals surface area contributed by atoms with E-state index in [1.807, 2.05) is 170 Å². The first kappa shape index (κ1) is 44.7. The molecule has 1 fully saturated rings. The maximum atomic E-state index is 10.6. The van der Waals surface area contributed by atoms with E-state index < -0.39 is 0 Å². The van der Waals surface area contributed by atoms with Gasteiger partial charge in [-0.1, -0.05) is 243 Å². The summed E-state index contributed by atoms with van der Waals surface area (Å²) in [5, 5.41) is 21.6. The Morgan fingerprint density at radius 1 is 0.309 bits per heavy atom. The number of aromatic nitrogens is 3. The molecule has 0 saturated carbocycles. The Morgan fingerprint density at radius 2 is 0.529 bits per heavy atom. The molecule has 0 aliphatic carbocycles. The summed E-state index contributed by atoms with van der Waals surface area (Å²) in [7, 11) is 0. The smallest absolute Gasteiger partial charge is 0.164 e. The first-order valence-corrected chi connectivity index (χ1v) is 22.6. The van der Waals surface area contributed by atoms with Crippen molar-refractivity contribution in [1.82, 2.24) is 30.9 Å². The maximum Gasteiger partial charge on any atom is 0.164 e. The third kappa shape index (κ3) is 11.3. The Hall–Kier alpha value is -8.53. The number of nitrogens with two attached hydrogens (primary N) is 1. The summed E-state index contributed by atoms with van der Waals surface area (Å²) < 4.78 is 0. The van der Waals surface area contributed by atoms with Crippen molar-refractivity contribution in [3.8, 4) is 62.2 Å². The van der Waals surface area contributed by atoms with Gasteiger partial charge >= 0.3 is 0 Å². The molecule has 8 heteroatoms. The normalized spacial score (nSPS) is 15.1. The predicted octanol–water partition coefficient (Wildman–Crippen LogP) is 13.0. The number of nitrogen functional groups attached to an aromatic ring is 1. The van der Waals surface area contributed by atoms with Crippen LogP contribution in [0, 0.1) is 0 Å². The number of hydrogen-bond donors (Lipinski definition) is 5. The summed E-state index contributed by atoms with van der Waals surface area (Å²) in [4.78, 5) is 14.0. The van der Waals surface area contributed by atoms with E-state index in [4.69, 9.17) is 5.73 Å². The van der Waals surface area contributed by atoms with Crippen molar-refractivity contribution < 1.29 is 5.11 Å². The summed E-state index contributed by atoms with van der Waals surface area (Å²) >= 11 is 0. The highest BCUT2D eigenvalue weighted by atomic mass is 16.3. The minimum Gasteiger partial charge on any atom is -0.507 e. The van der Waals surface area contributed by atoms with Crippen molar-refractivity contribution in [3.05, 3.63) is 271 Å². The monoisotopic (exact) mass is 885 g/mol. The van der Waals surface area contributed by atoms with E-state index in [1.54, 1.807) is 12.1 Å².